The van der Waals surface area contributed by atoms with Gasteiger partial charge in [-0.15, -0.1) is 0 Å². The lowest BCUT2D eigenvalue weighted by Crippen LogP contribution is -2.52. The smallest absolute Gasteiger partial charge is 0.240 e. The molecule has 0 aromatic carbocycles. The lowest BCUT2D eigenvalue weighted by molar-refractivity contribution is -0.137. The van der Waals surface area contributed by atoms with Crippen LogP contribution in [0.4, 0.5) is 0 Å². The first-order valence-electron chi connectivity index (χ1n) is 6.97. The molecule has 0 spiro atoms. The Hall–Kier alpha value is -0.610. The Kier molecular flexibility index (Phi) is 4.80. The zero-order chi connectivity index (χ0) is 12.1. The number of nitrogens with one attached hydrogen (secondary N) is 1. The predicted molar refractivity (Wildman–Crippen MR) is 66.7 cm³/mol. The zero-order valence-electron chi connectivity index (χ0n) is 10.5. The first kappa shape index (κ1) is 12.8. The Morgan fingerprint density at radius 1 is 1.18 bits per heavy atom. The number of hydrogen-bond donors (Lipinski definition) is 2. The molecule has 98 valence electrons. The average molecular weight is 240 g/mol. The van der Waals surface area contributed by atoms with Crippen LogP contribution in [0.3, 0.4) is 0 Å². The molecule has 0 aliphatic carbocycles. The minimum Gasteiger partial charge on any atom is -0.394 e. The molecule has 4 nitrogen and oxygen atoms in total. The fraction of sp³-hybridized carbons (Fsp3) is 0.923. The van der Waals surface area contributed by atoms with Crippen molar-refractivity contribution >= 4 is 5.91 Å². The van der Waals surface area contributed by atoms with Crippen molar-refractivity contribution in [2.24, 2.45) is 0 Å². The van der Waals surface area contributed by atoms with Crippen molar-refractivity contribution in [2.45, 2.75) is 57.0 Å². The van der Waals surface area contributed by atoms with Crippen LogP contribution in [-0.4, -0.2) is 47.7 Å². The summed E-state index contributed by atoms with van der Waals surface area (Å²) in [4.78, 5) is 14.4. The number of amides is 1. The molecule has 2 aliphatic rings. The molecule has 2 saturated heterocycles. The minimum absolute atomic E-state index is 0.00380. The van der Waals surface area contributed by atoms with Crippen molar-refractivity contribution in [1.29, 1.82) is 0 Å². The number of carbonyl (C=O) groups excluding carboxylic acids is 1. The second kappa shape index (κ2) is 6.36. The third-order valence-corrected chi connectivity index (χ3v) is 3.98. The van der Waals surface area contributed by atoms with E-state index >= 15 is 0 Å². The standard InChI is InChI=1S/C13H24N2O2/c16-10-11-6-2-1-5-9-15(11)13(17)12-7-3-4-8-14-12/h11-12,14,16H,1-10H2. The van der Waals surface area contributed by atoms with E-state index in [0.29, 0.717) is 0 Å². The summed E-state index contributed by atoms with van der Waals surface area (Å²) in [5.74, 6) is 0.214. The van der Waals surface area contributed by atoms with E-state index in [1.165, 1.54) is 12.8 Å². The van der Waals surface area contributed by atoms with Crippen molar-refractivity contribution < 1.29 is 9.90 Å². The molecule has 2 N–H and O–H groups in total. The molecule has 2 atom stereocenters. The van der Waals surface area contributed by atoms with E-state index in [2.05, 4.69) is 5.32 Å². The Balaban J connectivity index is 1.98. The van der Waals surface area contributed by atoms with Gasteiger partial charge in [0.2, 0.25) is 5.91 Å². The number of piperidine rings is 1. The number of carbonyl (C=O) groups is 1. The maximum absolute atomic E-state index is 12.4. The highest BCUT2D eigenvalue weighted by atomic mass is 16.3. The number of aliphatic hydroxyl groups is 1. The Morgan fingerprint density at radius 2 is 2.00 bits per heavy atom. The maximum atomic E-state index is 12.4. The summed E-state index contributed by atoms with van der Waals surface area (Å²) in [6.07, 6.45) is 7.61. The molecule has 2 rings (SSSR count). The largest absolute Gasteiger partial charge is 0.394 e. The SMILES string of the molecule is O=C(C1CCCCN1)N1CCCCCC1CO. The van der Waals surface area contributed by atoms with Gasteiger partial charge in [0, 0.05) is 6.54 Å². The van der Waals surface area contributed by atoms with Crippen LogP contribution in [0.2, 0.25) is 0 Å². The van der Waals surface area contributed by atoms with Crippen LogP contribution in [-0.2, 0) is 4.79 Å². The van der Waals surface area contributed by atoms with Gasteiger partial charge in [-0.1, -0.05) is 19.3 Å². The summed E-state index contributed by atoms with van der Waals surface area (Å²) in [5.41, 5.74) is 0. The molecule has 2 unspecified atom stereocenters. The summed E-state index contributed by atoms with van der Waals surface area (Å²) in [6, 6.07) is 0.0460. The maximum Gasteiger partial charge on any atom is 0.240 e. The Bertz CT molecular complexity index is 252. The molecule has 0 saturated carbocycles. The Labute approximate surface area is 103 Å². The van der Waals surface area contributed by atoms with Crippen molar-refractivity contribution in [2.75, 3.05) is 19.7 Å². The van der Waals surface area contributed by atoms with Crippen molar-refractivity contribution in [1.82, 2.24) is 10.2 Å². The van der Waals surface area contributed by atoms with E-state index in [9.17, 15) is 9.90 Å². The van der Waals surface area contributed by atoms with Gasteiger partial charge in [-0.05, 0) is 32.2 Å². The summed E-state index contributed by atoms with van der Waals surface area (Å²) < 4.78 is 0. The van der Waals surface area contributed by atoms with Crippen LogP contribution in [0.15, 0.2) is 0 Å². The van der Waals surface area contributed by atoms with Gasteiger partial charge in [-0.2, -0.15) is 0 Å². The van der Waals surface area contributed by atoms with Crippen LogP contribution in [0, 0.1) is 0 Å². The lowest BCUT2D eigenvalue weighted by Gasteiger charge is -2.33. The molecule has 0 aromatic heterocycles. The average Bonchev–Trinajstić information content (AvgIpc) is 2.64. The highest BCUT2D eigenvalue weighted by Crippen LogP contribution is 2.19. The summed E-state index contributed by atoms with van der Waals surface area (Å²) >= 11 is 0. The van der Waals surface area contributed by atoms with Crippen LogP contribution in [0.25, 0.3) is 0 Å². The number of hydrogen-bond acceptors (Lipinski definition) is 3. The third-order valence-electron chi connectivity index (χ3n) is 3.98. The van der Waals surface area contributed by atoms with Gasteiger partial charge in [0.15, 0.2) is 0 Å². The van der Waals surface area contributed by atoms with Gasteiger partial charge >= 0.3 is 0 Å². The first-order valence-corrected chi connectivity index (χ1v) is 6.97. The summed E-state index contributed by atoms with van der Waals surface area (Å²) in [5, 5.41) is 12.7. The summed E-state index contributed by atoms with van der Waals surface area (Å²) in [7, 11) is 0. The van der Waals surface area contributed by atoms with Gasteiger partial charge in [-0.3, -0.25) is 4.79 Å². The van der Waals surface area contributed by atoms with Gasteiger partial charge < -0.3 is 15.3 Å². The zero-order valence-corrected chi connectivity index (χ0v) is 10.5. The van der Waals surface area contributed by atoms with E-state index < -0.39 is 0 Å². The quantitative estimate of drug-likeness (QED) is 0.754. The predicted octanol–water partition coefficient (Wildman–Crippen LogP) is 0.892. The highest BCUT2D eigenvalue weighted by Gasteiger charge is 2.30. The van der Waals surface area contributed by atoms with E-state index in [4.69, 9.17) is 0 Å². The van der Waals surface area contributed by atoms with Crippen LogP contribution in [0.1, 0.15) is 44.9 Å². The van der Waals surface area contributed by atoms with Gasteiger partial charge in [-0.25, -0.2) is 0 Å². The van der Waals surface area contributed by atoms with E-state index in [1.807, 2.05) is 4.90 Å². The monoisotopic (exact) mass is 240 g/mol. The molecule has 2 heterocycles. The molecule has 0 bridgehead atoms. The summed E-state index contributed by atoms with van der Waals surface area (Å²) in [6.45, 7) is 1.88. The van der Waals surface area contributed by atoms with Crippen LogP contribution in [0.5, 0.6) is 0 Å². The van der Waals surface area contributed by atoms with Crippen LogP contribution >= 0.6 is 0 Å². The molecule has 4 heteroatoms. The molecule has 17 heavy (non-hydrogen) atoms. The highest BCUT2D eigenvalue weighted by molar-refractivity contribution is 5.82. The Morgan fingerprint density at radius 3 is 2.71 bits per heavy atom. The first-order chi connectivity index (χ1) is 8.33. The fourth-order valence-electron chi connectivity index (χ4n) is 2.92. The molecule has 0 aromatic rings. The van der Waals surface area contributed by atoms with Gasteiger partial charge in [0.25, 0.3) is 0 Å². The number of aliphatic hydroxyl groups excluding tert-OH is 1. The normalized spacial score (nSPS) is 31.0. The van der Waals surface area contributed by atoms with Crippen molar-refractivity contribution in [3.05, 3.63) is 0 Å². The number of likely N-dealkylation sites (tertiary alicyclic amines) is 1. The van der Waals surface area contributed by atoms with Crippen molar-refractivity contribution in [3.63, 3.8) is 0 Å². The molecule has 1 amide bonds. The second-order valence-electron chi connectivity index (χ2n) is 5.22. The van der Waals surface area contributed by atoms with Gasteiger partial charge in [0.05, 0.1) is 18.7 Å². The molecule has 0 radical (unpaired) electrons. The fourth-order valence-corrected chi connectivity index (χ4v) is 2.92. The second-order valence-corrected chi connectivity index (χ2v) is 5.22. The van der Waals surface area contributed by atoms with Gasteiger partial charge in [0.1, 0.15) is 0 Å². The molecular weight excluding hydrogens is 216 g/mol. The molecule has 2 aliphatic heterocycles. The number of rotatable bonds is 2. The topological polar surface area (TPSA) is 52.6 Å². The van der Waals surface area contributed by atoms with E-state index in [0.717, 1.165) is 45.2 Å². The third kappa shape index (κ3) is 3.19. The van der Waals surface area contributed by atoms with Crippen LogP contribution < -0.4 is 5.32 Å². The van der Waals surface area contributed by atoms with Crippen molar-refractivity contribution in [3.8, 4) is 0 Å². The molecular formula is C13H24N2O2. The van der Waals surface area contributed by atoms with E-state index in [1.54, 1.807) is 0 Å². The van der Waals surface area contributed by atoms with E-state index in [-0.39, 0.29) is 24.6 Å². The minimum atomic E-state index is -0.00380. The number of nitrogens with zero attached hydrogens (tertiary/aromatic N) is 1. The lowest BCUT2D eigenvalue weighted by atomic mass is 10.0. The molecule has 2 fully saturated rings.